The van der Waals surface area contributed by atoms with Gasteiger partial charge in [0, 0.05) is 31.1 Å². The monoisotopic (exact) mass is 436 g/mol. The van der Waals surface area contributed by atoms with Crippen LogP contribution in [0.15, 0.2) is 18.7 Å². The van der Waals surface area contributed by atoms with E-state index in [9.17, 15) is 9.59 Å². The molecule has 1 heterocycles. The predicted molar refractivity (Wildman–Crippen MR) is 124 cm³/mol. The molecule has 0 fully saturated rings. The fourth-order valence-corrected chi connectivity index (χ4v) is 3.97. The molecular weight excluding hydrogens is 400 g/mol. The highest BCUT2D eigenvalue weighted by Gasteiger charge is 2.24. The molecule has 0 saturated heterocycles. The molecule has 0 aliphatic rings. The number of amides is 2. The third-order valence-electron chi connectivity index (χ3n) is 4.27. The van der Waals surface area contributed by atoms with Gasteiger partial charge in [0.15, 0.2) is 6.29 Å². The standard InChI is InChI=1S/C23H36N2O4S/c1-7-11-19-17(8-2)15-20(30-19)23(27)25-18(14-16(5)6)22(26)24-13-12-21(28-9-3)29-10-4/h7-8,11,15-16,18,21H,2,9-10,12-14H2,1,3-6H3,(H,24,26)(H,25,27)/b11-7-/t18-/m0/s1. The van der Waals surface area contributed by atoms with Crippen molar-refractivity contribution in [2.75, 3.05) is 19.8 Å². The molecule has 2 N–H and O–H groups in total. The maximum Gasteiger partial charge on any atom is 0.262 e. The summed E-state index contributed by atoms with van der Waals surface area (Å²) in [5.41, 5.74) is 0.908. The molecule has 7 heteroatoms. The summed E-state index contributed by atoms with van der Waals surface area (Å²) in [7, 11) is 0. The molecule has 168 valence electrons. The Morgan fingerprint density at radius 1 is 1.23 bits per heavy atom. The lowest BCUT2D eigenvalue weighted by Crippen LogP contribution is -2.47. The van der Waals surface area contributed by atoms with Crippen LogP contribution in [0.25, 0.3) is 12.2 Å². The molecule has 0 spiro atoms. The van der Waals surface area contributed by atoms with E-state index in [1.165, 1.54) is 11.3 Å². The second-order valence-corrected chi connectivity index (χ2v) is 8.29. The van der Waals surface area contributed by atoms with Crippen LogP contribution < -0.4 is 10.6 Å². The summed E-state index contributed by atoms with van der Waals surface area (Å²) in [4.78, 5) is 27.1. The molecular formula is C23H36N2O4S. The zero-order valence-electron chi connectivity index (χ0n) is 18.8. The molecule has 0 aliphatic heterocycles. The van der Waals surface area contributed by atoms with Crippen LogP contribution in [-0.2, 0) is 14.3 Å². The summed E-state index contributed by atoms with van der Waals surface area (Å²) >= 11 is 1.39. The van der Waals surface area contributed by atoms with E-state index in [1.54, 1.807) is 12.1 Å². The van der Waals surface area contributed by atoms with Gasteiger partial charge in [0.2, 0.25) is 5.91 Å². The van der Waals surface area contributed by atoms with Crippen molar-refractivity contribution < 1.29 is 19.1 Å². The highest BCUT2D eigenvalue weighted by Crippen LogP contribution is 2.25. The molecule has 6 nitrogen and oxygen atoms in total. The van der Waals surface area contributed by atoms with Crippen LogP contribution in [0.3, 0.4) is 0 Å². The number of allylic oxidation sites excluding steroid dienone is 1. The number of hydrogen-bond acceptors (Lipinski definition) is 5. The van der Waals surface area contributed by atoms with E-state index < -0.39 is 6.04 Å². The van der Waals surface area contributed by atoms with Crippen LogP contribution in [0.1, 0.15) is 67.6 Å². The van der Waals surface area contributed by atoms with Gasteiger partial charge in [-0.1, -0.05) is 32.6 Å². The van der Waals surface area contributed by atoms with Crippen molar-refractivity contribution in [1.82, 2.24) is 10.6 Å². The smallest absolute Gasteiger partial charge is 0.262 e. The third kappa shape index (κ3) is 8.81. The zero-order valence-corrected chi connectivity index (χ0v) is 19.6. The van der Waals surface area contributed by atoms with Crippen molar-refractivity contribution in [2.45, 2.75) is 59.8 Å². The Bertz CT molecular complexity index is 706. The maximum absolute atomic E-state index is 12.8. The minimum Gasteiger partial charge on any atom is -0.354 e. The maximum atomic E-state index is 12.8. The second-order valence-electron chi connectivity index (χ2n) is 7.21. The normalized spacial score (nSPS) is 12.5. The second kappa shape index (κ2) is 14.1. The summed E-state index contributed by atoms with van der Waals surface area (Å²) in [5.74, 6) is -0.189. The van der Waals surface area contributed by atoms with Crippen LogP contribution in [0.4, 0.5) is 0 Å². The number of nitrogens with one attached hydrogen (secondary N) is 2. The predicted octanol–water partition coefficient (Wildman–Crippen LogP) is 4.47. The molecule has 1 atom stereocenters. The van der Waals surface area contributed by atoms with Crippen molar-refractivity contribution in [3.8, 4) is 0 Å². The SMILES string of the molecule is C=Cc1cc(C(=O)N[C@@H](CC(C)C)C(=O)NCCC(OCC)OCC)sc1/C=C\C. The molecule has 30 heavy (non-hydrogen) atoms. The minimum absolute atomic E-state index is 0.196. The number of thiophene rings is 1. The Balaban J connectivity index is 2.77. The lowest BCUT2D eigenvalue weighted by molar-refractivity contribution is -0.140. The molecule has 2 amide bonds. The largest absolute Gasteiger partial charge is 0.354 e. The fraction of sp³-hybridized carbons (Fsp3) is 0.565. The lowest BCUT2D eigenvalue weighted by Gasteiger charge is -2.21. The highest BCUT2D eigenvalue weighted by molar-refractivity contribution is 7.15. The molecule has 0 aliphatic carbocycles. The topological polar surface area (TPSA) is 76.7 Å². The fourth-order valence-electron chi connectivity index (χ4n) is 2.93. The summed E-state index contributed by atoms with van der Waals surface area (Å²) in [6.45, 7) is 15.1. The molecule has 0 unspecified atom stereocenters. The van der Waals surface area contributed by atoms with Gasteiger partial charge in [-0.25, -0.2) is 0 Å². The van der Waals surface area contributed by atoms with Gasteiger partial charge in [0.25, 0.3) is 5.91 Å². The quantitative estimate of drug-likeness (QED) is 0.422. The van der Waals surface area contributed by atoms with E-state index in [4.69, 9.17) is 9.47 Å². The van der Waals surface area contributed by atoms with Gasteiger partial charge in [0.1, 0.15) is 6.04 Å². The van der Waals surface area contributed by atoms with E-state index in [-0.39, 0.29) is 24.0 Å². The van der Waals surface area contributed by atoms with Crippen molar-refractivity contribution in [2.24, 2.45) is 5.92 Å². The van der Waals surface area contributed by atoms with Crippen molar-refractivity contribution in [3.63, 3.8) is 0 Å². The number of ether oxygens (including phenoxy) is 2. The Morgan fingerprint density at radius 2 is 1.90 bits per heavy atom. The Kier molecular flexibility index (Phi) is 12.3. The van der Waals surface area contributed by atoms with Crippen molar-refractivity contribution >= 4 is 35.3 Å². The van der Waals surface area contributed by atoms with E-state index in [0.29, 0.717) is 37.5 Å². The van der Waals surface area contributed by atoms with Gasteiger partial charge < -0.3 is 20.1 Å². The van der Waals surface area contributed by atoms with Gasteiger partial charge >= 0.3 is 0 Å². The van der Waals surface area contributed by atoms with Crippen LogP contribution in [0, 0.1) is 5.92 Å². The Hall–Kier alpha value is -1.96. The molecule has 1 aromatic heterocycles. The summed E-state index contributed by atoms with van der Waals surface area (Å²) in [5, 5.41) is 5.80. The number of rotatable bonds is 14. The first-order valence-electron chi connectivity index (χ1n) is 10.6. The molecule has 0 saturated carbocycles. The van der Waals surface area contributed by atoms with Crippen LogP contribution in [-0.4, -0.2) is 43.9 Å². The first-order valence-corrected chi connectivity index (χ1v) is 11.4. The molecule has 1 rings (SSSR count). The van der Waals surface area contributed by atoms with E-state index in [1.807, 2.05) is 46.8 Å². The van der Waals surface area contributed by atoms with E-state index >= 15 is 0 Å². The average molecular weight is 437 g/mol. The van der Waals surface area contributed by atoms with E-state index in [2.05, 4.69) is 17.2 Å². The van der Waals surface area contributed by atoms with Gasteiger partial charge in [-0.15, -0.1) is 11.3 Å². The first kappa shape index (κ1) is 26.1. The average Bonchev–Trinajstić information content (AvgIpc) is 3.10. The summed E-state index contributed by atoms with van der Waals surface area (Å²) in [6, 6.07) is 1.20. The van der Waals surface area contributed by atoms with Crippen LogP contribution in [0.2, 0.25) is 0 Å². The molecule has 1 aromatic rings. The third-order valence-corrected chi connectivity index (χ3v) is 5.38. The van der Waals surface area contributed by atoms with Crippen LogP contribution >= 0.6 is 11.3 Å². The van der Waals surface area contributed by atoms with Gasteiger partial charge in [0.05, 0.1) is 4.88 Å². The molecule has 0 radical (unpaired) electrons. The molecule has 0 bridgehead atoms. The summed E-state index contributed by atoms with van der Waals surface area (Å²) < 4.78 is 11.0. The van der Waals surface area contributed by atoms with Crippen molar-refractivity contribution in [3.05, 3.63) is 34.0 Å². The number of carbonyl (C=O) groups excluding carboxylic acids is 2. The summed E-state index contributed by atoms with van der Waals surface area (Å²) in [6.07, 6.45) is 6.37. The van der Waals surface area contributed by atoms with Gasteiger partial charge in [-0.2, -0.15) is 0 Å². The van der Waals surface area contributed by atoms with E-state index in [0.717, 1.165) is 10.4 Å². The van der Waals surface area contributed by atoms with Gasteiger partial charge in [-0.3, -0.25) is 9.59 Å². The zero-order chi connectivity index (χ0) is 22.5. The first-order chi connectivity index (χ1) is 14.4. The Morgan fingerprint density at radius 3 is 2.43 bits per heavy atom. The van der Waals surface area contributed by atoms with Crippen molar-refractivity contribution in [1.29, 1.82) is 0 Å². The lowest BCUT2D eigenvalue weighted by atomic mass is 10.0. The minimum atomic E-state index is -0.602. The van der Waals surface area contributed by atoms with Gasteiger partial charge in [-0.05, 0) is 50.8 Å². The Labute approximate surface area is 184 Å². The van der Waals surface area contributed by atoms with Crippen LogP contribution in [0.5, 0.6) is 0 Å². The number of hydrogen-bond donors (Lipinski definition) is 2. The molecule has 0 aromatic carbocycles. The highest BCUT2D eigenvalue weighted by atomic mass is 32.1. The number of carbonyl (C=O) groups is 2.